The van der Waals surface area contributed by atoms with Crippen LogP contribution in [0.15, 0.2) is 28.7 Å². The second kappa shape index (κ2) is 8.18. The molecule has 1 aromatic heterocycles. The van der Waals surface area contributed by atoms with Crippen molar-refractivity contribution in [3.8, 4) is 0 Å². The summed E-state index contributed by atoms with van der Waals surface area (Å²) >= 11 is 5.89. The van der Waals surface area contributed by atoms with Gasteiger partial charge in [-0.3, -0.25) is 4.79 Å². The van der Waals surface area contributed by atoms with Gasteiger partial charge in [0.05, 0.1) is 0 Å². The molecule has 9 heteroatoms. The summed E-state index contributed by atoms with van der Waals surface area (Å²) in [4.78, 5) is 22.9. The zero-order chi connectivity index (χ0) is 19.3. The average molecular weight is 382 g/mol. The number of aliphatic carboxylic acids is 1. The van der Waals surface area contributed by atoms with Crippen molar-refractivity contribution in [3.05, 3.63) is 46.6 Å². The number of hydrogen-bond donors (Lipinski definition) is 2. The van der Waals surface area contributed by atoms with E-state index in [9.17, 15) is 9.59 Å². The molecule has 1 heterocycles. The molecule has 2 rings (SSSR count). The maximum atomic E-state index is 12.1. The number of rotatable bonds is 6. The third-order valence-electron chi connectivity index (χ3n) is 3.13. The minimum atomic E-state index is -1.09. The second-order valence-electron chi connectivity index (χ2n) is 6.63. The van der Waals surface area contributed by atoms with Gasteiger partial charge in [0.1, 0.15) is 18.1 Å². The van der Waals surface area contributed by atoms with Crippen LogP contribution in [0.4, 0.5) is 4.79 Å². The molecule has 0 spiro atoms. The van der Waals surface area contributed by atoms with Crippen LogP contribution in [0.5, 0.6) is 0 Å². The highest BCUT2D eigenvalue weighted by Gasteiger charge is 2.25. The number of ether oxygens (including phenoxy) is 1. The summed E-state index contributed by atoms with van der Waals surface area (Å²) in [5, 5.41) is 19.7. The number of benzene rings is 1. The minimum absolute atomic E-state index is 0.0420. The fourth-order valence-electron chi connectivity index (χ4n) is 2.11. The molecule has 0 radical (unpaired) electrons. The van der Waals surface area contributed by atoms with Gasteiger partial charge < -0.3 is 19.6 Å². The standard InChI is InChI=1S/C17H20ClN3O5/c1-17(2,3)26-16(24)19-12(8-10-4-6-11(18)7-5-10)15-21-20-13(25-15)9-14(22)23/h4-7,12H,8-9H2,1-3H3,(H,19,24)(H,22,23)/t12-/m0/s1. The summed E-state index contributed by atoms with van der Waals surface area (Å²) in [6, 6.07) is 6.39. The van der Waals surface area contributed by atoms with E-state index in [2.05, 4.69) is 15.5 Å². The number of aromatic nitrogens is 2. The number of hydrogen-bond acceptors (Lipinski definition) is 6. The van der Waals surface area contributed by atoms with E-state index in [1.54, 1.807) is 45.0 Å². The maximum absolute atomic E-state index is 12.1. The van der Waals surface area contributed by atoms with E-state index in [1.165, 1.54) is 0 Å². The number of nitrogens with one attached hydrogen (secondary N) is 1. The molecule has 0 aliphatic heterocycles. The molecule has 8 nitrogen and oxygen atoms in total. The number of nitrogens with zero attached hydrogens (tertiary/aromatic N) is 2. The van der Waals surface area contributed by atoms with Crippen LogP contribution in [0.25, 0.3) is 0 Å². The third kappa shape index (κ3) is 6.36. The summed E-state index contributed by atoms with van der Waals surface area (Å²) in [6.07, 6.45) is -0.701. The SMILES string of the molecule is CC(C)(C)OC(=O)N[C@@H](Cc1ccc(Cl)cc1)c1nnc(CC(=O)O)o1. The number of alkyl carbamates (subject to hydrolysis) is 1. The Morgan fingerprint density at radius 2 is 1.92 bits per heavy atom. The van der Waals surface area contributed by atoms with E-state index in [0.29, 0.717) is 11.4 Å². The Labute approximate surface area is 155 Å². The van der Waals surface area contributed by atoms with Crippen LogP contribution in [0.2, 0.25) is 5.02 Å². The van der Waals surface area contributed by atoms with E-state index in [0.717, 1.165) is 5.56 Å². The summed E-state index contributed by atoms with van der Waals surface area (Å²) in [7, 11) is 0. The Balaban J connectivity index is 2.19. The maximum Gasteiger partial charge on any atom is 0.408 e. The topological polar surface area (TPSA) is 115 Å². The van der Waals surface area contributed by atoms with Gasteiger partial charge in [0.25, 0.3) is 0 Å². The van der Waals surface area contributed by atoms with Crippen molar-refractivity contribution in [1.82, 2.24) is 15.5 Å². The lowest BCUT2D eigenvalue weighted by Crippen LogP contribution is -2.36. The molecule has 0 unspecified atom stereocenters. The Bertz CT molecular complexity index is 767. The molecule has 2 aromatic rings. The number of carbonyl (C=O) groups is 2. The highest BCUT2D eigenvalue weighted by Crippen LogP contribution is 2.20. The van der Waals surface area contributed by atoms with Crippen molar-refractivity contribution in [2.45, 2.75) is 45.3 Å². The van der Waals surface area contributed by atoms with Gasteiger partial charge in [-0.1, -0.05) is 23.7 Å². The molecular weight excluding hydrogens is 362 g/mol. The van der Waals surface area contributed by atoms with E-state index in [1.807, 2.05) is 0 Å². The molecule has 0 saturated heterocycles. The number of carboxylic acids is 1. The fraction of sp³-hybridized carbons (Fsp3) is 0.412. The van der Waals surface area contributed by atoms with Gasteiger partial charge in [0.15, 0.2) is 0 Å². The first kappa shape index (κ1) is 19.7. The highest BCUT2D eigenvalue weighted by atomic mass is 35.5. The second-order valence-corrected chi connectivity index (χ2v) is 7.07. The molecule has 0 fully saturated rings. The normalized spacial score (nSPS) is 12.5. The van der Waals surface area contributed by atoms with Crippen LogP contribution >= 0.6 is 11.6 Å². The first-order chi connectivity index (χ1) is 12.1. The Hall–Kier alpha value is -2.61. The summed E-state index contributed by atoms with van der Waals surface area (Å²) in [6.45, 7) is 5.25. The average Bonchev–Trinajstić information content (AvgIpc) is 2.94. The molecular formula is C17H20ClN3O5. The van der Waals surface area contributed by atoms with Gasteiger partial charge in [-0.05, 0) is 38.5 Å². The lowest BCUT2D eigenvalue weighted by atomic mass is 10.1. The molecule has 26 heavy (non-hydrogen) atoms. The molecule has 2 N–H and O–H groups in total. The Kier molecular flexibility index (Phi) is 6.20. The first-order valence-corrected chi connectivity index (χ1v) is 8.28. The van der Waals surface area contributed by atoms with Gasteiger partial charge in [0, 0.05) is 11.4 Å². The molecule has 1 aromatic carbocycles. The van der Waals surface area contributed by atoms with Crippen molar-refractivity contribution in [2.24, 2.45) is 0 Å². The molecule has 0 aliphatic carbocycles. The van der Waals surface area contributed by atoms with Crippen LogP contribution < -0.4 is 5.32 Å². The molecule has 140 valence electrons. The van der Waals surface area contributed by atoms with Crippen LogP contribution in [-0.2, 0) is 22.4 Å². The summed E-state index contributed by atoms with van der Waals surface area (Å²) < 4.78 is 10.6. The zero-order valence-corrected chi connectivity index (χ0v) is 15.4. The predicted octanol–water partition coefficient (Wildman–Crippen LogP) is 3.16. The van der Waals surface area contributed by atoms with E-state index in [4.69, 9.17) is 25.9 Å². The summed E-state index contributed by atoms with van der Waals surface area (Å²) in [5.74, 6) is -1.03. The van der Waals surface area contributed by atoms with Crippen LogP contribution in [0.1, 0.15) is 44.2 Å². The zero-order valence-electron chi connectivity index (χ0n) is 14.7. The smallest absolute Gasteiger partial charge is 0.408 e. The van der Waals surface area contributed by atoms with E-state index >= 15 is 0 Å². The molecule has 0 aliphatic rings. The van der Waals surface area contributed by atoms with Crippen molar-refractivity contribution in [3.63, 3.8) is 0 Å². The molecule has 1 amide bonds. The number of amides is 1. The van der Waals surface area contributed by atoms with Gasteiger partial charge >= 0.3 is 12.1 Å². The minimum Gasteiger partial charge on any atom is -0.481 e. The first-order valence-electron chi connectivity index (χ1n) is 7.90. The van der Waals surface area contributed by atoms with Gasteiger partial charge in [-0.2, -0.15) is 0 Å². The van der Waals surface area contributed by atoms with Crippen molar-refractivity contribution < 1.29 is 23.8 Å². The lowest BCUT2D eigenvalue weighted by Gasteiger charge is -2.22. The quantitative estimate of drug-likeness (QED) is 0.789. The Morgan fingerprint density at radius 3 is 2.50 bits per heavy atom. The van der Waals surface area contributed by atoms with Gasteiger partial charge in [-0.25, -0.2) is 4.79 Å². The fourth-order valence-corrected chi connectivity index (χ4v) is 2.24. The third-order valence-corrected chi connectivity index (χ3v) is 3.38. The van der Waals surface area contributed by atoms with Crippen molar-refractivity contribution in [1.29, 1.82) is 0 Å². The van der Waals surface area contributed by atoms with Crippen molar-refractivity contribution >= 4 is 23.7 Å². The number of carbonyl (C=O) groups excluding carboxylic acids is 1. The van der Waals surface area contributed by atoms with Crippen molar-refractivity contribution in [2.75, 3.05) is 0 Å². The number of carboxylic acid groups (broad SMARTS) is 1. The lowest BCUT2D eigenvalue weighted by molar-refractivity contribution is -0.136. The Morgan fingerprint density at radius 1 is 1.27 bits per heavy atom. The predicted molar refractivity (Wildman–Crippen MR) is 92.9 cm³/mol. The van der Waals surface area contributed by atoms with Crippen LogP contribution in [0, 0.1) is 0 Å². The number of halogens is 1. The largest absolute Gasteiger partial charge is 0.481 e. The molecule has 0 bridgehead atoms. The van der Waals surface area contributed by atoms with E-state index < -0.39 is 30.1 Å². The molecule has 1 atom stereocenters. The van der Waals surface area contributed by atoms with E-state index in [-0.39, 0.29) is 11.8 Å². The monoisotopic (exact) mass is 381 g/mol. The van der Waals surface area contributed by atoms with Crippen LogP contribution in [0.3, 0.4) is 0 Å². The van der Waals surface area contributed by atoms with Crippen LogP contribution in [-0.4, -0.2) is 33.0 Å². The highest BCUT2D eigenvalue weighted by molar-refractivity contribution is 6.30. The molecule has 0 saturated carbocycles. The summed E-state index contributed by atoms with van der Waals surface area (Å²) in [5.41, 5.74) is 0.200. The van der Waals surface area contributed by atoms with Gasteiger partial charge in [-0.15, -0.1) is 10.2 Å². The van der Waals surface area contributed by atoms with Gasteiger partial charge in [0.2, 0.25) is 11.8 Å².